The quantitative estimate of drug-likeness (QED) is 0.0966. The summed E-state index contributed by atoms with van der Waals surface area (Å²) in [6.45, 7) is 8.34. The van der Waals surface area contributed by atoms with Gasteiger partial charge in [0.15, 0.2) is 11.6 Å². The number of aromatic nitrogens is 8. The normalized spacial score (nSPS) is 13.2. The van der Waals surface area contributed by atoms with Crippen LogP contribution in [-0.4, -0.2) is 58.2 Å². The molecule has 1 aliphatic heterocycles. The lowest BCUT2D eigenvalue weighted by atomic mass is 9.78. The molecule has 23 rings (SSSR count). The van der Waals surface area contributed by atoms with Gasteiger partial charge in [-0.25, -0.2) is 29.9 Å². The summed E-state index contributed by atoms with van der Waals surface area (Å²) in [5, 5.41) is 9.92. The summed E-state index contributed by atoms with van der Waals surface area (Å²) in [6.07, 6.45) is 7.38. The average molecular weight is 1610 g/mol. The topological polar surface area (TPSA) is 122 Å². The molecule has 0 radical (unpaired) electrons. The van der Waals surface area contributed by atoms with Crippen LogP contribution in [0.3, 0.4) is 0 Å². The van der Waals surface area contributed by atoms with Crippen molar-refractivity contribution in [2.75, 3.05) is 0 Å². The molecule has 0 aliphatic carbocycles. The minimum atomic E-state index is -0.392. The predicted octanol–water partition coefficient (Wildman–Crippen LogP) is 28.0. The van der Waals surface area contributed by atoms with E-state index in [2.05, 4.69) is 322 Å². The van der Waals surface area contributed by atoms with Crippen molar-refractivity contribution in [3.05, 3.63) is 345 Å². The molecule has 0 N–H and O–H groups in total. The number of hydrogen-bond donors (Lipinski definition) is 0. The van der Waals surface area contributed by atoms with Crippen LogP contribution in [0, 0.1) is 0 Å². The van der Waals surface area contributed by atoms with Crippen molar-refractivity contribution in [3.8, 4) is 101 Å². The summed E-state index contributed by atoms with van der Waals surface area (Å²) in [5.41, 5.74) is 21.5. The zero-order chi connectivity index (χ0) is 79.2. The van der Waals surface area contributed by atoms with Crippen molar-refractivity contribution >= 4 is 172 Å². The Morgan fingerprint density at radius 3 is 1.11 bits per heavy atom. The van der Waals surface area contributed by atoms with E-state index in [0.29, 0.717) is 5.15 Å². The fourth-order valence-electron chi connectivity index (χ4n) is 15.9. The summed E-state index contributed by atoms with van der Waals surface area (Å²) < 4.78 is 22.0. The van der Waals surface area contributed by atoms with Gasteiger partial charge in [0.1, 0.15) is 5.15 Å². The van der Waals surface area contributed by atoms with Gasteiger partial charge in [0, 0.05) is 114 Å². The van der Waals surface area contributed by atoms with Gasteiger partial charge in [-0.2, -0.15) is 0 Å². The largest absolute Gasteiger partial charge is 0.494 e. The second-order valence-corrected chi connectivity index (χ2v) is 35.0. The van der Waals surface area contributed by atoms with Crippen LogP contribution in [0.4, 0.5) is 0 Å². The van der Waals surface area contributed by atoms with Crippen LogP contribution in [-0.2, 0) is 9.31 Å². The molecule has 12 aromatic carbocycles. The maximum absolute atomic E-state index is 6.32. The number of hydrogen-bond acceptors (Lipinski definition) is 14. The molecule has 1 aliphatic rings. The van der Waals surface area contributed by atoms with Gasteiger partial charge < -0.3 is 9.31 Å². The Kier molecular flexibility index (Phi) is 18.5. The highest BCUT2D eigenvalue weighted by Gasteiger charge is 2.51. The third kappa shape index (κ3) is 13.3. The summed E-state index contributed by atoms with van der Waals surface area (Å²) in [4.78, 5) is 38.9. The lowest BCUT2D eigenvalue weighted by molar-refractivity contribution is 0.00578. The molecule has 0 atom stereocenters. The van der Waals surface area contributed by atoms with Crippen LogP contribution >= 0.6 is 56.9 Å². The first-order valence-corrected chi connectivity index (χ1v) is 42.7. The highest BCUT2D eigenvalue weighted by atomic mass is 35.5. The van der Waals surface area contributed by atoms with E-state index in [9.17, 15) is 0 Å². The number of fused-ring (bicyclic) bond motifs is 16. The van der Waals surface area contributed by atoms with Gasteiger partial charge >= 0.3 is 7.12 Å². The molecule has 0 unspecified atom stereocenters. The summed E-state index contributed by atoms with van der Waals surface area (Å²) in [5.74, 6) is 1.46. The van der Waals surface area contributed by atoms with E-state index in [0.717, 1.165) is 159 Å². The number of halogens is 1. The molecule has 0 bridgehead atoms. The number of thiophene rings is 4. The molecule has 10 aromatic heterocycles. The van der Waals surface area contributed by atoms with Crippen LogP contribution in [0.5, 0.6) is 0 Å². The van der Waals surface area contributed by atoms with Crippen LogP contribution in [0.25, 0.3) is 204 Å². The molecule has 10 nitrogen and oxygen atoms in total. The van der Waals surface area contributed by atoms with Crippen LogP contribution in [0.2, 0.25) is 5.15 Å². The minimum absolute atomic E-state index is 0.378. The molecule has 0 amide bonds. The van der Waals surface area contributed by atoms with Crippen molar-refractivity contribution < 1.29 is 9.31 Å². The van der Waals surface area contributed by atoms with Gasteiger partial charge in [-0.3, -0.25) is 9.97 Å². The highest BCUT2D eigenvalue weighted by molar-refractivity contribution is 7.27. The fraction of sp³-hybridized carbons (Fsp3) is 0.0588. The van der Waals surface area contributed by atoms with Crippen molar-refractivity contribution in [3.63, 3.8) is 0 Å². The standard InChI is InChI=1S/C48H28N4S2.C40H33BN2O2S.C14H7ClN2S/c1-2-10-30(11-3-1)43-47-45(37-17-5-7-19-41(37)54-47)52-48(51-43)31-22-20-29(21-23-31)32-12-8-13-33(26-32)34-14-9-15-35(27-34)44-46-42(36-16-4-6-18-40(36)53-46)38-28-49-25-24-39(38)50-44;1-39(2)40(3,4)45-41(44-39)32-17-11-16-31(25-32)30-15-10-14-29(24-30)26-20-22-28(23-21-26)38-42-35(27-12-6-5-7-13-27)37-36(43-38)33-18-8-9-19-34(33)46-37;15-14-13-12(8-3-1-2-4-11(8)18-13)9-7-16-6-5-10(9)17-14/h1-28H;5-25H,1-4H3;1-7H. The van der Waals surface area contributed by atoms with E-state index in [1.165, 1.54) is 50.4 Å². The molecule has 22 aromatic rings. The maximum atomic E-state index is 6.32. The van der Waals surface area contributed by atoms with Crippen LogP contribution < -0.4 is 5.46 Å². The third-order valence-corrected chi connectivity index (χ3v) is 27.7. The molecule has 11 heterocycles. The molecule has 1 saturated heterocycles. The van der Waals surface area contributed by atoms with Gasteiger partial charge in [0.2, 0.25) is 0 Å². The summed E-state index contributed by atoms with van der Waals surface area (Å²) in [6, 6.07) is 111. The second kappa shape index (κ2) is 30.0. The fourth-order valence-corrected chi connectivity index (χ4v) is 20.8. The molecule has 1 fully saturated rings. The van der Waals surface area contributed by atoms with Crippen molar-refractivity contribution in [2.45, 2.75) is 38.9 Å². The Labute approximate surface area is 701 Å². The second-order valence-electron chi connectivity index (χ2n) is 30.4. The van der Waals surface area contributed by atoms with Gasteiger partial charge in [-0.1, -0.05) is 272 Å². The molecule has 16 heteroatoms. The average Bonchev–Trinajstić information content (AvgIpc) is 1.58. The van der Waals surface area contributed by atoms with Crippen molar-refractivity contribution in [2.24, 2.45) is 0 Å². The first kappa shape index (κ1) is 72.8. The van der Waals surface area contributed by atoms with E-state index in [4.69, 9.17) is 45.8 Å². The Bertz CT molecular complexity index is 7670. The van der Waals surface area contributed by atoms with E-state index < -0.39 is 7.12 Å². The summed E-state index contributed by atoms with van der Waals surface area (Å²) in [7, 11) is -0.392. The van der Waals surface area contributed by atoms with Crippen LogP contribution in [0.15, 0.2) is 340 Å². The first-order chi connectivity index (χ1) is 57.8. The number of pyridine rings is 4. The Hall–Kier alpha value is -12.9. The SMILES string of the molecule is CC1(C)OB(c2cccc(-c3cccc(-c4ccc(-c5nc(-c6ccccc6)c6sc7ccccc7c6n5)cc4)c3)c2)OC1(C)C.Clc1nc2ccncc2c2c1sc1ccccc12.c1ccc(-c2nc(-c3ccc(-c4cccc(-c5cccc(-c6nc7ccncc7c7c6sc6ccccc67)c5)c4)cc3)nc3c2sc2ccccc23)cc1. The van der Waals surface area contributed by atoms with E-state index >= 15 is 0 Å². The molecule has 562 valence electrons. The van der Waals surface area contributed by atoms with Gasteiger partial charge in [-0.05, 0) is 132 Å². The summed E-state index contributed by atoms with van der Waals surface area (Å²) >= 11 is 13.3. The zero-order valence-electron chi connectivity index (χ0n) is 64.3. The van der Waals surface area contributed by atoms with Gasteiger partial charge in [0.25, 0.3) is 0 Å². The van der Waals surface area contributed by atoms with Gasteiger partial charge in [-0.15, -0.1) is 45.3 Å². The lowest BCUT2D eigenvalue weighted by Gasteiger charge is -2.32. The third-order valence-electron chi connectivity index (χ3n) is 22.6. The number of nitrogens with zero attached hydrogens (tertiary/aromatic N) is 8. The van der Waals surface area contributed by atoms with E-state index in [1.54, 1.807) is 51.5 Å². The van der Waals surface area contributed by atoms with Gasteiger partial charge in [0.05, 0.1) is 69.2 Å². The zero-order valence-corrected chi connectivity index (χ0v) is 68.3. The molecular formula is C102H68BClN8O2S4. The predicted molar refractivity (Wildman–Crippen MR) is 498 cm³/mol. The van der Waals surface area contributed by atoms with Crippen LogP contribution in [0.1, 0.15) is 27.7 Å². The number of rotatable bonds is 10. The molecule has 0 spiro atoms. The lowest BCUT2D eigenvalue weighted by Crippen LogP contribution is -2.41. The van der Waals surface area contributed by atoms with Crippen molar-refractivity contribution in [1.29, 1.82) is 0 Å². The molecular weight excluding hydrogens is 1540 g/mol. The number of benzene rings is 12. The minimum Gasteiger partial charge on any atom is -0.399 e. The smallest absolute Gasteiger partial charge is 0.399 e. The van der Waals surface area contributed by atoms with Crippen molar-refractivity contribution in [1.82, 2.24) is 39.9 Å². The maximum Gasteiger partial charge on any atom is 0.494 e. The Balaban J connectivity index is 0.000000122. The molecule has 118 heavy (non-hydrogen) atoms. The monoisotopic (exact) mass is 1610 g/mol. The van der Waals surface area contributed by atoms with E-state index in [-0.39, 0.29) is 11.2 Å². The van der Waals surface area contributed by atoms with E-state index in [1.807, 2.05) is 55.0 Å². The Morgan fingerprint density at radius 1 is 0.280 bits per heavy atom. The first-order valence-electron chi connectivity index (χ1n) is 39.1. The molecule has 0 saturated carbocycles. The Morgan fingerprint density at radius 2 is 0.627 bits per heavy atom. The highest BCUT2D eigenvalue weighted by Crippen LogP contribution is 2.47.